The van der Waals surface area contributed by atoms with Crippen molar-refractivity contribution in [2.75, 3.05) is 0 Å². The summed E-state index contributed by atoms with van der Waals surface area (Å²) in [5.74, 6) is 0. The first-order valence-electron chi connectivity index (χ1n) is 4.41. The summed E-state index contributed by atoms with van der Waals surface area (Å²) >= 11 is 0. The van der Waals surface area contributed by atoms with E-state index in [4.69, 9.17) is 0 Å². The average molecular weight is 177 g/mol. The van der Waals surface area contributed by atoms with Gasteiger partial charge in [-0.1, -0.05) is 40.0 Å². The molecule has 0 amide bonds. The Hall–Kier alpha value is -1.11. The second kappa shape index (κ2) is 4.80. The molecule has 0 fully saturated rings. The molecule has 13 heavy (non-hydrogen) atoms. The van der Waals surface area contributed by atoms with Crippen LogP contribution < -0.4 is 0 Å². The molecular weight excluding hydrogens is 158 g/mol. The van der Waals surface area contributed by atoms with Gasteiger partial charge in [-0.2, -0.15) is 0 Å². The van der Waals surface area contributed by atoms with Gasteiger partial charge < -0.3 is 0 Å². The number of allylic oxidation sites excluding steroid dienone is 3. The van der Waals surface area contributed by atoms with E-state index in [0.717, 1.165) is 11.3 Å². The molecule has 0 aromatic carbocycles. The van der Waals surface area contributed by atoms with E-state index in [9.17, 15) is 0 Å². The highest BCUT2D eigenvalue weighted by Crippen LogP contribution is 2.17. The lowest BCUT2D eigenvalue weighted by molar-refractivity contribution is 0.594. The van der Waals surface area contributed by atoms with Crippen molar-refractivity contribution in [3.8, 4) is 0 Å². The van der Waals surface area contributed by atoms with E-state index in [1.54, 1.807) is 12.2 Å². The van der Waals surface area contributed by atoms with Gasteiger partial charge in [0, 0.05) is 17.3 Å². The maximum absolute atomic E-state index is 4.35. The molecule has 0 rings (SSSR count). The van der Waals surface area contributed by atoms with Crippen LogP contribution >= 0.6 is 0 Å². The Morgan fingerprint density at radius 1 is 1.15 bits per heavy atom. The van der Waals surface area contributed by atoms with Gasteiger partial charge in [-0.25, -0.2) is 0 Å². The minimum atomic E-state index is 0.0553. The number of aliphatic imine (C=N–C) groups is 1. The van der Waals surface area contributed by atoms with E-state index in [2.05, 4.69) is 38.9 Å². The summed E-state index contributed by atoms with van der Waals surface area (Å²) in [7, 11) is 0. The quantitative estimate of drug-likeness (QED) is 0.460. The van der Waals surface area contributed by atoms with Gasteiger partial charge in [-0.05, 0) is 18.6 Å². The maximum atomic E-state index is 4.35. The lowest BCUT2D eigenvalue weighted by Crippen LogP contribution is -2.17. The molecule has 72 valence electrons. The van der Waals surface area contributed by atoms with Crippen LogP contribution in [0.15, 0.2) is 42.1 Å². The molecule has 1 nitrogen and oxygen atoms in total. The predicted molar refractivity (Wildman–Crippen MR) is 61.0 cm³/mol. The van der Waals surface area contributed by atoms with Crippen molar-refractivity contribution in [2.45, 2.75) is 27.7 Å². The predicted octanol–water partition coefficient (Wildman–Crippen LogP) is 3.75. The molecule has 0 bridgehead atoms. The van der Waals surface area contributed by atoms with Crippen LogP contribution in [0, 0.1) is 5.41 Å². The Kier molecular flexibility index (Phi) is 4.39. The Labute approximate surface area is 81.6 Å². The first-order valence-corrected chi connectivity index (χ1v) is 4.41. The highest BCUT2D eigenvalue weighted by atomic mass is 14.7. The van der Waals surface area contributed by atoms with Crippen LogP contribution in [0.1, 0.15) is 27.7 Å². The normalized spacial score (nSPS) is 14.2. The molecule has 0 aromatic heterocycles. The third kappa shape index (κ3) is 4.46. The monoisotopic (exact) mass is 177 g/mol. The van der Waals surface area contributed by atoms with E-state index < -0.39 is 0 Å². The first kappa shape index (κ1) is 11.9. The molecule has 0 radical (unpaired) electrons. The summed E-state index contributed by atoms with van der Waals surface area (Å²) in [6, 6.07) is 0. The maximum Gasteiger partial charge on any atom is 0.0451 e. The fraction of sp³-hybridized carbons (Fsp3) is 0.417. The Bertz CT molecular complexity index is 249. The fourth-order valence-electron chi connectivity index (χ4n) is 0.777. The van der Waals surface area contributed by atoms with Gasteiger partial charge in [0.1, 0.15) is 0 Å². The van der Waals surface area contributed by atoms with Crippen molar-refractivity contribution in [3.05, 3.63) is 37.1 Å². The Balaban J connectivity index is 4.79. The smallest absolute Gasteiger partial charge is 0.0451 e. The van der Waals surface area contributed by atoms with Gasteiger partial charge in [0.2, 0.25) is 0 Å². The standard InChI is InChI=1S/C12H19N/c1-7-10(3)9-13-11(8-2)12(4,5)6/h7-9H,1-2H2,3-6H3/b10-9-,13-11+. The number of rotatable bonds is 3. The fourth-order valence-corrected chi connectivity index (χ4v) is 0.777. The molecule has 0 saturated carbocycles. The van der Waals surface area contributed by atoms with Crippen molar-refractivity contribution < 1.29 is 0 Å². The van der Waals surface area contributed by atoms with E-state index >= 15 is 0 Å². The first-order chi connectivity index (χ1) is 5.91. The van der Waals surface area contributed by atoms with E-state index in [1.165, 1.54) is 0 Å². The van der Waals surface area contributed by atoms with Crippen LogP contribution in [0.3, 0.4) is 0 Å². The summed E-state index contributed by atoms with van der Waals surface area (Å²) in [6.45, 7) is 15.7. The van der Waals surface area contributed by atoms with Crippen molar-refractivity contribution in [1.29, 1.82) is 0 Å². The molecule has 0 aliphatic carbocycles. The van der Waals surface area contributed by atoms with Crippen molar-refractivity contribution >= 4 is 5.71 Å². The van der Waals surface area contributed by atoms with Crippen molar-refractivity contribution in [2.24, 2.45) is 10.4 Å². The summed E-state index contributed by atoms with van der Waals surface area (Å²) in [4.78, 5) is 4.35. The summed E-state index contributed by atoms with van der Waals surface area (Å²) in [5.41, 5.74) is 2.11. The molecule has 0 spiro atoms. The molecule has 0 saturated heterocycles. The minimum absolute atomic E-state index is 0.0553. The second-order valence-corrected chi connectivity index (χ2v) is 4.05. The van der Waals surface area contributed by atoms with Crippen LogP contribution in [-0.2, 0) is 0 Å². The van der Waals surface area contributed by atoms with Crippen LogP contribution in [0.4, 0.5) is 0 Å². The van der Waals surface area contributed by atoms with Gasteiger partial charge in [0.25, 0.3) is 0 Å². The molecule has 0 atom stereocenters. The van der Waals surface area contributed by atoms with Gasteiger partial charge in [-0.3, -0.25) is 4.99 Å². The molecule has 1 heteroatoms. The van der Waals surface area contributed by atoms with Crippen LogP contribution in [0.5, 0.6) is 0 Å². The molecular formula is C12H19N. The lowest BCUT2D eigenvalue weighted by Gasteiger charge is -2.17. The molecule has 0 aliphatic heterocycles. The third-order valence-corrected chi connectivity index (χ3v) is 1.69. The average Bonchev–Trinajstić information content (AvgIpc) is 2.02. The summed E-state index contributed by atoms with van der Waals surface area (Å²) < 4.78 is 0. The molecule has 0 aliphatic rings. The lowest BCUT2D eigenvalue weighted by atomic mass is 9.90. The van der Waals surface area contributed by atoms with Gasteiger partial charge >= 0.3 is 0 Å². The van der Waals surface area contributed by atoms with Crippen molar-refractivity contribution in [1.82, 2.24) is 0 Å². The Morgan fingerprint density at radius 2 is 1.69 bits per heavy atom. The zero-order chi connectivity index (χ0) is 10.5. The van der Waals surface area contributed by atoms with Crippen LogP contribution in [-0.4, -0.2) is 5.71 Å². The van der Waals surface area contributed by atoms with Crippen LogP contribution in [0.2, 0.25) is 0 Å². The number of hydrogen-bond acceptors (Lipinski definition) is 1. The molecule has 0 aromatic rings. The van der Waals surface area contributed by atoms with E-state index in [-0.39, 0.29) is 5.41 Å². The molecule has 0 N–H and O–H groups in total. The minimum Gasteiger partial charge on any atom is -0.260 e. The van der Waals surface area contributed by atoms with Gasteiger partial charge in [0.15, 0.2) is 0 Å². The van der Waals surface area contributed by atoms with Crippen molar-refractivity contribution in [3.63, 3.8) is 0 Å². The third-order valence-electron chi connectivity index (χ3n) is 1.69. The SMILES string of the molecule is C=C/C(C)=C\N=C(/C=C)C(C)(C)C. The Morgan fingerprint density at radius 3 is 2.00 bits per heavy atom. The molecule has 0 unspecified atom stereocenters. The largest absolute Gasteiger partial charge is 0.260 e. The zero-order valence-electron chi connectivity index (χ0n) is 9.09. The molecule has 0 heterocycles. The topological polar surface area (TPSA) is 12.4 Å². The second-order valence-electron chi connectivity index (χ2n) is 4.05. The van der Waals surface area contributed by atoms with E-state index in [0.29, 0.717) is 0 Å². The number of nitrogens with zero attached hydrogens (tertiary/aromatic N) is 1. The highest BCUT2D eigenvalue weighted by Gasteiger charge is 2.14. The van der Waals surface area contributed by atoms with Crippen LogP contribution in [0.25, 0.3) is 0 Å². The highest BCUT2D eigenvalue weighted by molar-refractivity contribution is 5.98. The van der Waals surface area contributed by atoms with E-state index in [1.807, 2.05) is 13.1 Å². The zero-order valence-corrected chi connectivity index (χ0v) is 9.09. The van der Waals surface area contributed by atoms with Gasteiger partial charge in [0.05, 0.1) is 0 Å². The summed E-state index contributed by atoms with van der Waals surface area (Å²) in [5, 5.41) is 0. The van der Waals surface area contributed by atoms with Gasteiger partial charge in [-0.15, -0.1) is 0 Å². The number of hydrogen-bond donors (Lipinski definition) is 0. The summed E-state index contributed by atoms with van der Waals surface area (Å²) in [6.07, 6.45) is 5.40.